The number of aliphatic hydroxyl groups is 1. The molecule has 0 spiro atoms. The average molecular weight is 528 g/mol. The van der Waals surface area contributed by atoms with Crippen molar-refractivity contribution in [1.82, 2.24) is 15.0 Å². The molecule has 0 radical (unpaired) electrons. The third kappa shape index (κ3) is 6.75. The number of hydrogen-bond acceptors (Lipinski definition) is 6. The monoisotopic (exact) mass is 527 g/mol. The van der Waals surface area contributed by atoms with Crippen LogP contribution in [0.5, 0.6) is 0 Å². The van der Waals surface area contributed by atoms with Gasteiger partial charge in [0.25, 0.3) is 0 Å². The van der Waals surface area contributed by atoms with Gasteiger partial charge in [-0.25, -0.2) is 18.7 Å². The van der Waals surface area contributed by atoms with Crippen molar-refractivity contribution in [1.29, 1.82) is 0 Å². The highest BCUT2D eigenvalue weighted by molar-refractivity contribution is 6.33. The third-order valence-corrected chi connectivity index (χ3v) is 5.84. The molecule has 0 bridgehead atoms. The Morgan fingerprint density at radius 3 is 2.46 bits per heavy atom. The number of allylic oxidation sites excluding steroid dienone is 2. The van der Waals surface area contributed by atoms with Crippen molar-refractivity contribution in [3.63, 3.8) is 0 Å². The van der Waals surface area contributed by atoms with Gasteiger partial charge in [0.1, 0.15) is 17.2 Å². The molecule has 0 atom stereocenters. The van der Waals surface area contributed by atoms with Gasteiger partial charge in [0.2, 0.25) is 5.91 Å². The summed E-state index contributed by atoms with van der Waals surface area (Å²) in [4.78, 5) is 24.0. The van der Waals surface area contributed by atoms with Crippen LogP contribution in [0.2, 0.25) is 5.02 Å². The van der Waals surface area contributed by atoms with E-state index in [9.17, 15) is 14.3 Å². The van der Waals surface area contributed by atoms with E-state index in [4.69, 9.17) is 17.3 Å². The number of amides is 1. The lowest BCUT2D eigenvalue weighted by molar-refractivity contribution is 0.0686. The van der Waals surface area contributed by atoms with Crippen LogP contribution in [0.3, 0.4) is 0 Å². The van der Waals surface area contributed by atoms with E-state index < -0.39 is 23.2 Å². The molecule has 2 heterocycles. The first kappa shape index (κ1) is 27.9. The first-order valence-corrected chi connectivity index (χ1v) is 11.9. The number of aromatic nitrogens is 3. The second-order valence-corrected chi connectivity index (χ2v) is 9.30. The molecule has 1 amide bonds. The summed E-state index contributed by atoms with van der Waals surface area (Å²) in [5, 5.41) is 14.2. The van der Waals surface area contributed by atoms with Crippen LogP contribution in [0.4, 0.5) is 14.5 Å². The van der Waals surface area contributed by atoms with Gasteiger partial charge in [-0.15, -0.1) is 0 Å². The van der Waals surface area contributed by atoms with E-state index in [2.05, 4.69) is 20.3 Å². The van der Waals surface area contributed by atoms with Crippen LogP contribution < -0.4 is 21.6 Å². The van der Waals surface area contributed by atoms with Crippen molar-refractivity contribution in [3.8, 4) is 0 Å². The number of pyridine rings is 1. The molecule has 194 valence electrons. The molecule has 0 saturated heterocycles. The van der Waals surface area contributed by atoms with E-state index in [1.54, 1.807) is 20.8 Å². The summed E-state index contributed by atoms with van der Waals surface area (Å²) >= 11 is 6.40. The van der Waals surface area contributed by atoms with E-state index >= 15 is 4.39 Å². The molecule has 3 rings (SSSR count). The molecule has 7 nitrogen and oxygen atoms in total. The standard InChI is InChI=1S/C27H28ClF2N5O2/c1-5-6-19-23(10-22(30)15(2)18-12-34-26(35-13-18)27(3,4)37)32-14-20(28)24(19)33-11-17-9-16(25(31)36)7-8-21(17)29/h6-10,12-14,33,37H,5,11H2,1-4H3,(H2,31,36)/b19-6-,22-15-,23-10+. The van der Waals surface area contributed by atoms with Gasteiger partial charge in [0.15, 0.2) is 5.82 Å². The van der Waals surface area contributed by atoms with Crippen molar-refractivity contribution in [3.05, 3.63) is 86.5 Å². The summed E-state index contributed by atoms with van der Waals surface area (Å²) in [5.74, 6) is -1.52. The molecule has 4 N–H and O–H groups in total. The smallest absolute Gasteiger partial charge is 0.248 e. The van der Waals surface area contributed by atoms with Gasteiger partial charge in [-0.2, -0.15) is 0 Å². The van der Waals surface area contributed by atoms with E-state index in [1.807, 2.05) is 13.0 Å². The first-order chi connectivity index (χ1) is 17.4. The van der Waals surface area contributed by atoms with Crippen molar-refractivity contribution >= 4 is 40.9 Å². The molecule has 0 unspecified atom stereocenters. The maximum atomic E-state index is 15.3. The Bertz CT molecular complexity index is 1470. The Kier molecular flexibility index (Phi) is 8.73. The van der Waals surface area contributed by atoms with Gasteiger partial charge in [-0.3, -0.25) is 9.78 Å². The van der Waals surface area contributed by atoms with Crippen LogP contribution in [-0.4, -0.2) is 26.0 Å². The highest BCUT2D eigenvalue weighted by Crippen LogP contribution is 2.22. The SMILES string of the molecule is CC\C=c1/c(NCc2cc(C(N)=O)ccc2F)c(Cl)cn/c1=C/C(F)=C(\C)c1cnc(C(C)(C)O)nc1. The Labute approximate surface area is 218 Å². The normalized spacial score (nSPS) is 13.5. The summed E-state index contributed by atoms with van der Waals surface area (Å²) < 4.78 is 29.6. The molecule has 0 aliphatic rings. The second-order valence-electron chi connectivity index (χ2n) is 8.89. The summed E-state index contributed by atoms with van der Waals surface area (Å²) in [5.41, 5.74) is 5.65. The largest absolute Gasteiger partial charge is 0.382 e. The van der Waals surface area contributed by atoms with Crippen LogP contribution in [0, 0.1) is 5.82 Å². The van der Waals surface area contributed by atoms with Crippen molar-refractivity contribution < 1.29 is 18.7 Å². The predicted molar refractivity (Wildman–Crippen MR) is 141 cm³/mol. The zero-order chi connectivity index (χ0) is 27.3. The number of halogens is 3. The fourth-order valence-electron chi connectivity index (χ4n) is 3.47. The Morgan fingerprint density at radius 1 is 1.19 bits per heavy atom. The van der Waals surface area contributed by atoms with Gasteiger partial charge < -0.3 is 16.2 Å². The minimum atomic E-state index is -1.22. The molecule has 37 heavy (non-hydrogen) atoms. The highest BCUT2D eigenvalue weighted by atomic mass is 35.5. The molecule has 0 aliphatic heterocycles. The predicted octanol–water partition coefficient (Wildman–Crippen LogP) is 3.97. The average Bonchev–Trinajstić information content (AvgIpc) is 2.85. The van der Waals surface area contributed by atoms with Crippen LogP contribution in [0.25, 0.3) is 17.7 Å². The molecule has 10 heteroatoms. The summed E-state index contributed by atoms with van der Waals surface area (Å²) in [7, 11) is 0. The van der Waals surface area contributed by atoms with Crippen LogP contribution >= 0.6 is 11.6 Å². The number of rotatable bonds is 8. The number of benzene rings is 1. The molecule has 2 aromatic heterocycles. The van der Waals surface area contributed by atoms with Gasteiger partial charge in [-0.05, 0) is 51.0 Å². The lowest BCUT2D eigenvalue weighted by Gasteiger charge is -2.15. The first-order valence-electron chi connectivity index (χ1n) is 11.5. The molecule has 0 aliphatic carbocycles. The number of carbonyl (C=O) groups is 1. The Hall–Kier alpha value is -3.69. The van der Waals surface area contributed by atoms with Crippen molar-refractivity contribution in [2.75, 3.05) is 5.32 Å². The van der Waals surface area contributed by atoms with Gasteiger partial charge in [0.05, 0.1) is 16.1 Å². The molecular formula is C27H28ClF2N5O2. The van der Waals surface area contributed by atoms with Gasteiger partial charge in [0, 0.05) is 53.1 Å². The molecule has 0 fully saturated rings. The fourth-order valence-corrected chi connectivity index (χ4v) is 3.69. The number of hydrogen-bond donors (Lipinski definition) is 3. The Balaban J connectivity index is 2.03. The quantitative estimate of drug-likeness (QED) is 0.408. The highest BCUT2D eigenvalue weighted by Gasteiger charge is 2.19. The molecule has 0 saturated carbocycles. The zero-order valence-electron chi connectivity index (χ0n) is 20.9. The van der Waals surface area contributed by atoms with Crippen LogP contribution in [0.1, 0.15) is 61.4 Å². The van der Waals surface area contributed by atoms with Crippen LogP contribution in [-0.2, 0) is 12.1 Å². The topological polar surface area (TPSA) is 114 Å². The zero-order valence-corrected chi connectivity index (χ0v) is 21.7. The summed E-state index contributed by atoms with van der Waals surface area (Å²) in [6, 6.07) is 3.85. The maximum Gasteiger partial charge on any atom is 0.248 e. The number of carbonyl (C=O) groups excluding carboxylic acids is 1. The number of nitrogens with zero attached hydrogens (tertiary/aromatic N) is 3. The van der Waals surface area contributed by atoms with Crippen LogP contribution in [0.15, 0.2) is 42.6 Å². The van der Waals surface area contributed by atoms with Crippen molar-refractivity contribution in [2.24, 2.45) is 5.73 Å². The second kappa shape index (κ2) is 11.6. The minimum Gasteiger partial charge on any atom is -0.382 e. The van der Waals surface area contributed by atoms with E-state index in [1.165, 1.54) is 42.9 Å². The molecular weight excluding hydrogens is 500 g/mol. The maximum absolute atomic E-state index is 15.3. The minimum absolute atomic E-state index is 0.00290. The number of nitrogens with two attached hydrogens (primary N) is 1. The van der Waals surface area contributed by atoms with Gasteiger partial charge >= 0.3 is 0 Å². The molecule has 3 aromatic rings. The van der Waals surface area contributed by atoms with Gasteiger partial charge in [-0.1, -0.05) is 24.6 Å². The van der Waals surface area contributed by atoms with E-state index in [0.29, 0.717) is 28.2 Å². The lowest BCUT2D eigenvalue weighted by atomic mass is 10.1. The number of anilines is 1. The summed E-state index contributed by atoms with van der Waals surface area (Å²) in [6.07, 6.45) is 7.96. The van der Waals surface area contributed by atoms with E-state index in [0.717, 1.165) is 0 Å². The fraction of sp³-hybridized carbons (Fsp3) is 0.259. The Morgan fingerprint density at radius 2 is 1.86 bits per heavy atom. The summed E-state index contributed by atoms with van der Waals surface area (Å²) in [6.45, 7) is 6.62. The number of primary amides is 1. The lowest BCUT2D eigenvalue weighted by Crippen LogP contribution is -2.31. The molecule has 1 aromatic carbocycles. The number of nitrogens with one attached hydrogen (secondary N) is 1. The van der Waals surface area contributed by atoms with E-state index in [-0.39, 0.29) is 34.1 Å². The third-order valence-electron chi connectivity index (χ3n) is 5.55. The van der Waals surface area contributed by atoms with Crippen molar-refractivity contribution in [2.45, 2.75) is 46.3 Å².